The highest BCUT2D eigenvalue weighted by molar-refractivity contribution is 5.98. The molecule has 0 aliphatic carbocycles. The monoisotopic (exact) mass is 583 g/mol. The van der Waals surface area contributed by atoms with E-state index >= 15 is 0 Å². The number of carbonyl (C=O) groups is 2. The highest BCUT2D eigenvalue weighted by atomic mass is 16.5. The molecule has 2 aromatic rings. The molecule has 2 heterocycles. The van der Waals surface area contributed by atoms with Gasteiger partial charge in [-0.25, -0.2) is 9.78 Å². The largest absolute Gasteiger partial charge is 0.467 e. The zero-order chi connectivity index (χ0) is 30.9. The summed E-state index contributed by atoms with van der Waals surface area (Å²) in [5.74, 6) is 1.48. The number of ether oxygens (including phenoxy) is 1. The molecule has 8 nitrogen and oxygen atoms in total. The number of aryl methyl sites for hydroxylation is 1. The van der Waals surface area contributed by atoms with Crippen LogP contribution in [0.4, 0.5) is 5.95 Å². The summed E-state index contributed by atoms with van der Waals surface area (Å²) < 4.78 is 7.32. The first-order valence-electron chi connectivity index (χ1n) is 16.3. The molecule has 3 rings (SSSR count). The molecule has 1 N–H and O–H groups in total. The van der Waals surface area contributed by atoms with Crippen LogP contribution in [0.25, 0.3) is 11.0 Å². The summed E-state index contributed by atoms with van der Waals surface area (Å²) in [6, 6.07) is 5.30. The van der Waals surface area contributed by atoms with E-state index in [2.05, 4.69) is 42.5 Å². The van der Waals surface area contributed by atoms with E-state index in [1.54, 1.807) is 0 Å². The number of hydrogen-bond donors (Lipinski definition) is 1. The number of aromatic nitrogens is 2. The summed E-state index contributed by atoms with van der Waals surface area (Å²) in [4.78, 5) is 36.2. The molecule has 1 aliphatic rings. The van der Waals surface area contributed by atoms with Crippen LogP contribution in [0.15, 0.2) is 18.2 Å². The minimum absolute atomic E-state index is 0.0761. The van der Waals surface area contributed by atoms with E-state index in [4.69, 9.17) is 9.72 Å². The Kier molecular flexibility index (Phi) is 12.7. The smallest absolute Gasteiger partial charge is 0.328 e. The summed E-state index contributed by atoms with van der Waals surface area (Å²) in [7, 11) is 1.43. The average Bonchev–Trinajstić information content (AvgIpc) is 3.07. The van der Waals surface area contributed by atoms with Crippen LogP contribution in [0.2, 0.25) is 0 Å². The third-order valence-electron chi connectivity index (χ3n) is 8.37. The molecule has 1 aromatic carbocycles. The molecule has 0 spiro atoms. The summed E-state index contributed by atoms with van der Waals surface area (Å²) >= 11 is 0. The number of benzene rings is 1. The second-order valence-corrected chi connectivity index (χ2v) is 14.0. The Morgan fingerprint density at radius 2 is 1.60 bits per heavy atom. The molecule has 8 heteroatoms. The number of nitrogens with one attached hydrogen (secondary N) is 1. The lowest BCUT2D eigenvalue weighted by atomic mass is 9.87. The number of nitrogens with zero attached hydrogens (tertiary/aromatic N) is 4. The predicted molar refractivity (Wildman–Crippen MR) is 173 cm³/mol. The Balaban J connectivity index is 1.95. The van der Waals surface area contributed by atoms with Crippen LogP contribution in [0.1, 0.15) is 104 Å². The second kappa shape index (κ2) is 15.7. The number of imidazole rings is 1. The fraction of sp³-hybridized carbons (Fsp3) is 0.735. The van der Waals surface area contributed by atoms with Gasteiger partial charge < -0.3 is 24.4 Å². The van der Waals surface area contributed by atoms with E-state index in [9.17, 15) is 9.59 Å². The van der Waals surface area contributed by atoms with Gasteiger partial charge in [-0.05, 0) is 87.2 Å². The quantitative estimate of drug-likeness (QED) is 0.246. The van der Waals surface area contributed by atoms with Crippen LogP contribution in [0, 0.1) is 17.3 Å². The third-order valence-corrected chi connectivity index (χ3v) is 8.37. The lowest BCUT2D eigenvalue weighted by Crippen LogP contribution is -2.42. The number of methoxy groups -OCH3 is 1. The van der Waals surface area contributed by atoms with Crippen LogP contribution >= 0.6 is 0 Å². The maximum Gasteiger partial charge on any atom is 0.328 e. The van der Waals surface area contributed by atoms with E-state index in [-0.39, 0.29) is 17.3 Å². The summed E-state index contributed by atoms with van der Waals surface area (Å²) in [5.41, 5.74) is 2.05. The van der Waals surface area contributed by atoms with Crippen molar-refractivity contribution >= 4 is 28.9 Å². The number of fused-ring (bicyclic) bond motifs is 1. The normalized spacial score (nSPS) is 15.7. The molecular formula is C34H57N5O3. The molecule has 1 aliphatic heterocycles. The summed E-state index contributed by atoms with van der Waals surface area (Å²) in [5, 5.41) is 3.43. The van der Waals surface area contributed by atoms with Crippen LogP contribution in [-0.4, -0.2) is 77.1 Å². The Labute approximate surface area is 254 Å². The lowest BCUT2D eigenvalue weighted by Gasteiger charge is -2.29. The van der Waals surface area contributed by atoms with Crippen LogP contribution < -0.4 is 5.32 Å². The van der Waals surface area contributed by atoms with E-state index in [1.165, 1.54) is 32.8 Å². The highest BCUT2D eigenvalue weighted by Crippen LogP contribution is 2.28. The molecule has 1 saturated heterocycles. The summed E-state index contributed by atoms with van der Waals surface area (Å²) in [6.45, 7) is 20.5. The van der Waals surface area contributed by atoms with Crippen molar-refractivity contribution in [1.29, 1.82) is 0 Å². The second-order valence-electron chi connectivity index (χ2n) is 14.0. The fourth-order valence-corrected chi connectivity index (χ4v) is 5.61. The number of esters is 1. The van der Waals surface area contributed by atoms with Gasteiger partial charge in [-0.2, -0.15) is 0 Å². The van der Waals surface area contributed by atoms with Gasteiger partial charge in [-0.1, -0.05) is 61.3 Å². The van der Waals surface area contributed by atoms with Crippen molar-refractivity contribution in [2.24, 2.45) is 17.3 Å². The van der Waals surface area contributed by atoms with Gasteiger partial charge in [0.1, 0.15) is 6.04 Å². The molecule has 0 unspecified atom stereocenters. The van der Waals surface area contributed by atoms with Crippen molar-refractivity contribution in [2.45, 2.75) is 106 Å². The first-order valence-corrected chi connectivity index (χ1v) is 16.3. The van der Waals surface area contributed by atoms with Crippen LogP contribution in [0.5, 0.6) is 0 Å². The van der Waals surface area contributed by atoms with Gasteiger partial charge in [0.2, 0.25) is 5.95 Å². The van der Waals surface area contributed by atoms with E-state index in [0.717, 1.165) is 69.6 Å². The van der Waals surface area contributed by atoms with Gasteiger partial charge in [0, 0.05) is 25.2 Å². The SMILES string of the molecule is COC(=O)[C@@H](Nc1nc2ccc(C(=O)N(CCC(C)C)CCC(C)C)cc2n1CCCN1CCCCCC1)C(C)(C)C. The van der Waals surface area contributed by atoms with Gasteiger partial charge in [-0.3, -0.25) is 4.79 Å². The van der Waals surface area contributed by atoms with Crippen LogP contribution in [-0.2, 0) is 16.1 Å². The van der Waals surface area contributed by atoms with E-state index in [0.29, 0.717) is 23.3 Å². The Hall–Kier alpha value is -2.61. The van der Waals surface area contributed by atoms with Gasteiger partial charge in [0.05, 0.1) is 18.1 Å². The minimum Gasteiger partial charge on any atom is -0.467 e. The molecule has 1 atom stereocenters. The molecule has 1 fully saturated rings. The maximum absolute atomic E-state index is 13.8. The Morgan fingerprint density at radius 3 is 2.14 bits per heavy atom. The van der Waals surface area contributed by atoms with Gasteiger partial charge in [0.15, 0.2) is 0 Å². The number of anilines is 1. The zero-order valence-electron chi connectivity index (χ0n) is 27.7. The molecule has 0 bridgehead atoms. The highest BCUT2D eigenvalue weighted by Gasteiger charge is 2.33. The average molecular weight is 584 g/mol. The van der Waals surface area contributed by atoms with Crippen molar-refractivity contribution in [3.05, 3.63) is 23.8 Å². The number of amides is 1. The summed E-state index contributed by atoms with van der Waals surface area (Å²) in [6.07, 6.45) is 8.10. The molecular weight excluding hydrogens is 526 g/mol. The maximum atomic E-state index is 13.8. The van der Waals surface area contributed by atoms with Crippen molar-refractivity contribution in [3.8, 4) is 0 Å². The van der Waals surface area contributed by atoms with Crippen molar-refractivity contribution in [3.63, 3.8) is 0 Å². The van der Waals surface area contributed by atoms with Crippen molar-refractivity contribution in [2.75, 3.05) is 45.2 Å². The van der Waals surface area contributed by atoms with Crippen LogP contribution in [0.3, 0.4) is 0 Å². The van der Waals surface area contributed by atoms with Gasteiger partial charge >= 0.3 is 5.97 Å². The molecule has 42 heavy (non-hydrogen) atoms. The topological polar surface area (TPSA) is 79.7 Å². The number of carbonyl (C=O) groups excluding carboxylic acids is 2. The standard InChI is InChI=1S/C34H57N5O3/c1-25(2)16-22-38(23-17-26(3)4)31(40)27-14-15-28-29(24-27)39(21-13-20-37-18-11-9-10-12-19-37)33(35-28)36-30(32(41)42-8)34(5,6)7/h14-15,24-26,30H,9-13,16-23H2,1-8H3,(H,35,36)/t30-/m1/s1. The van der Waals surface area contributed by atoms with E-state index in [1.807, 2.05) is 43.9 Å². The Bertz CT molecular complexity index is 1130. The van der Waals surface area contributed by atoms with Crippen molar-refractivity contribution in [1.82, 2.24) is 19.4 Å². The molecule has 236 valence electrons. The Morgan fingerprint density at radius 1 is 0.976 bits per heavy atom. The van der Waals surface area contributed by atoms with E-state index < -0.39 is 6.04 Å². The number of likely N-dealkylation sites (tertiary alicyclic amines) is 1. The first-order chi connectivity index (χ1) is 19.9. The fourth-order valence-electron chi connectivity index (χ4n) is 5.61. The first kappa shape index (κ1) is 33.9. The van der Waals surface area contributed by atoms with Gasteiger partial charge in [-0.15, -0.1) is 0 Å². The number of hydrogen-bond acceptors (Lipinski definition) is 6. The third kappa shape index (κ3) is 9.72. The molecule has 1 amide bonds. The molecule has 1 aromatic heterocycles. The molecule has 0 radical (unpaired) electrons. The minimum atomic E-state index is -0.563. The van der Waals surface area contributed by atoms with Crippen molar-refractivity contribution < 1.29 is 14.3 Å². The molecule has 0 saturated carbocycles. The number of rotatable bonds is 14. The zero-order valence-corrected chi connectivity index (χ0v) is 27.7. The van der Waals surface area contributed by atoms with Gasteiger partial charge in [0.25, 0.3) is 5.91 Å². The lowest BCUT2D eigenvalue weighted by molar-refractivity contribution is -0.143. The predicted octanol–water partition coefficient (Wildman–Crippen LogP) is 6.84.